The van der Waals surface area contributed by atoms with E-state index < -0.39 is 0 Å². The maximum Gasteiger partial charge on any atom is 0.154 e. The molecule has 0 aromatic rings. The van der Waals surface area contributed by atoms with Gasteiger partial charge in [0.1, 0.15) is 0 Å². The molecule has 0 aliphatic heterocycles. The molecule has 0 radical (unpaired) electrons. The van der Waals surface area contributed by atoms with Gasteiger partial charge in [0.05, 0.1) is 6.61 Å². The zero-order valence-corrected chi connectivity index (χ0v) is 13.1. The largest absolute Gasteiger partial charge is 0.353 e. The Kier molecular flexibility index (Phi) is 9.16. The summed E-state index contributed by atoms with van der Waals surface area (Å²) in [5.41, 5.74) is 0. The fourth-order valence-electron chi connectivity index (χ4n) is 2.42. The van der Waals surface area contributed by atoms with Gasteiger partial charge in [0, 0.05) is 12.4 Å². The van der Waals surface area contributed by atoms with Crippen LogP contribution in [0.15, 0.2) is 0 Å². The molecule has 0 amide bonds. The lowest BCUT2D eigenvalue weighted by atomic mass is 9.87. The summed E-state index contributed by atoms with van der Waals surface area (Å²) in [6.45, 7) is 8.11. The van der Waals surface area contributed by atoms with E-state index in [2.05, 4.69) is 13.8 Å². The van der Waals surface area contributed by atoms with Crippen LogP contribution in [0.2, 0.25) is 0 Å². The molecule has 1 saturated carbocycles. The van der Waals surface area contributed by atoms with E-state index in [0.29, 0.717) is 5.25 Å². The van der Waals surface area contributed by atoms with Crippen molar-refractivity contribution in [1.82, 2.24) is 0 Å². The fraction of sp³-hybridized carbons (Fsp3) is 1.00. The van der Waals surface area contributed by atoms with E-state index in [1.807, 2.05) is 18.7 Å². The van der Waals surface area contributed by atoms with Gasteiger partial charge in [-0.2, -0.15) is 11.8 Å². The monoisotopic (exact) mass is 274 g/mol. The van der Waals surface area contributed by atoms with Gasteiger partial charge in [-0.3, -0.25) is 0 Å². The van der Waals surface area contributed by atoms with Crippen molar-refractivity contribution in [1.29, 1.82) is 0 Å². The van der Waals surface area contributed by atoms with Gasteiger partial charge in [0.2, 0.25) is 0 Å². The Balaban J connectivity index is 1.91. The van der Waals surface area contributed by atoms with Crippen LogP contribution in [0.3, 0.4) is 0 Å². The Labute approximate surface area is 117 Å². The maximum atomic E-state index is 5.72. The topological polar surface area (TPSA) is 18.5 Å². The van der Waals surface area contributed by atoms with Crippen molar-refractivity contribution in [2.24, 2.45) is 5.92 Å². The van der Waals surface area contributed by atoms with E-state index in [0.717, 1.165) is 24.9 Å². The molecule has 0 aromatic carbocycles. The molecule has 18 heavy (non-hydrogen) atoms. The number of rotatable bonds is 9. The molecule has 0 N–H and O–H groups in total. The second-order valence-electron chi connectivity index (χ2n) is 5.52. The molecule has 108 valence electrons. The predicted octanol–water partition coefficient (Wildman–Crippen LogP) is 4.48. The first-order valence-electron chi connectivity index (χ1n) is 7.53. The third kappa shape index (κ3) is 8.39. The van der Waals surface area contributed by atoms with Crippen LogP contribution in [-0.2, 0) is 9.47 Å². The lowest BCUT2D eigenvalue weighted by Crippen LogP contribution is -2.18. The van der Waals surface area contributed by atoms with Crippen LogP contribution in [0.4, 0.5) is 0 Å². The average Bonchev–Trinajstić information content (AvgIpc) is 2.36. The Hall–Kier alpha value is 0.270. The minimum Gasteiger partial charge on any atom is -0.353 e. The van der Waals surface area contributed by atoms with Crippen molar-refractivity contribution in [3.8, 4) is 0 Å². The Morgan fingerprint density at radius 1 is 1.00 bits per heavy atom. The highest BCUT2D eigenvalue weighted by molar-refractivity contribution is 7.99. The first kappa shape index (κ1) is 16.3. The average molecular weight is 274 g/mol. The van der Waals surface area contributed by atoms with E-state index in [1.54, 1.807) is 0 Å². The lowest BCUT2D eigenvalue weighted by molar-refractivity contribution is -0.128. The third-order valence-electron chi connectivity index (χ3n) is 3.49. The van der Waals surface area contributed by atoms with E-state index in [9.17, 15) is 0 Å². The third-order valence-corrected chi connectivity index (χ3v) is 4.56. The predicted molar refractivity (Wildman–Crippen MR) is 80.2 cm³/mol. The normalized spacial score (nSPS) is 19.3. The second kappa shape index (κ2) is 10.1. The smallest absolute Gasteiger partial charge is 0.154 e. The molecule has 0 aromatic heterocycles. The van der Waals surface area contributed by atoms with Crippen molar-refractivity contribution in [2.75, 3.05) is 19.0 Å². The number of ether oxygens (including phenoxy) is 2. The molecule has 0 bridgehead atoms. The quantitative estimate of drug-likeness (QED) is 0.456. The van der Waals surface area contributed by atoms with Crippen molar-refractivity contribution >= 4 is 11.8 Å². The van der Waals surface area contributed by atoms with E-state index in [1.165, 1.54) is 38.5 Å². The first-order chi connectivity index (χ1) is 8.68. The van der Waals surface area contributed by atoms with E-state index >= 15 is 0 Å². The van der Waals surface area contributed by atoms with Gasteiger partial charge < -0.3 is 9.47 Å². The summed E-state index contributed by atoms with van der Waals surface area (Å²) in [4.78, 5) is 0. The Bertz CT molecular complexity index is 191. The molecule has 1 aliphatic carbocycles. The lowest BCUT2D eigenvalue weighted by Gasteiger charge is -2.22. The molecule has 1 atom stereocenters. The molecule has 0 heterocycles. The van der Waals surface area contributed by atoms with E-state index in [4.69, 9.17) is 9.47 Å². The summed E-state index contributed by atoms with van der Waals surface area (Å²) in [6.07, 6.45) is 8.26. The highest BCUT2D eigenvalue weighted by Crippen LogP contribution is 2.26. The molecule has 2 nitrogen and oxygen atoms in total. The summed E-state index contributed by atoms with van der Waals surface area (Å²) < 4.78 is 11.4. The zero-order valence-electron chi connectivity index (χ0n) is 12.3. The SMILES string of the molecule is CC(OCCSC(C)C)OCCC1CCCCC1. The molecule has 0 saturated heterocycles. The van der Waals surface area contributed by atoms with Crippen molar-refractivity contribution in [3.05, 3.63) is 0 Å². The number of thioether (sulfide) groups is 1. The molecule has 1 fully saturated rings. The first-order valence-corrected chi connectivity index (χ1v) is 8.58. The van der Waals surface area contributed by atoms with Gasteiger partial charge in [-0.15, -0.1) is 0 Å². The maximum absolute atomic E-state index is 5.72. The minimum atomic E-state index is -0.0404. The van der Waals surface area contributed by atoms with Gasteiger partial charge in [-0.25, -0.2) is 0 Å². The van der Waals surface area contributed by atoms with E-state index in [-0.39, 0.29) is 6.29 Å². The van der Waals surface area contributed by atoms with Crippen molar-refractivity contribution in [3.63, 3.8) is 0 Å². The zero-order chi connectivity index (χ0) is 13.2. The van der Waals surface area contributed by atoms with Crippen LogP contribution in [-0.4, -0.2) is 30.5 Å². The molecular formula is C15H30O2S. The standard InChI is InChI=1S/C15H30O2S/c1-13(2)18-12-11-17-14(3)16-10-9-15-7-5-4-6-8-15/h13-15H,4-12H2,1-3H3. The summed E-state index contributed by atoms with van der Waals surface area (Å²) in [6, 6.07) is 0. The highest BCUT2D eigenvalue weighted by Gasteiger charge is 2.13. The summed E-state index contributed by atoms with van der Waals surface area (Å²) >= 11 is 1.94. The fourth-order valence-corrected chi connectivity index (χ4v) is 3.09. The van der Waals surface area contributed by atoms with Crippen LogP contribution in [0.1, 0.15) is 59.3 Å². The van der Waals surface area contributed by atoms with Gasteiger partial charge in [-0.05, 0) is 24.5 Å². The number of hydrogen-bond acceptors (Lipinski definition) is 3. The molecule has 3 heteroatoms. The van der Waals surface area contributed by atoms with Gasteiger partial charge >= 0.3 is 0 Å². The Morgan fingerprint density at radius 2 is 1.67 bits per heavy atom. The van der Waals surface area contributed by atoms with Crippen LogP contribution in [0, 0.1) is 5.92 Å². The van der Waals surface area contributed by atoms with Crippen molar-refractivity contribution in [2.45, 2.75) is 70.8 Å². The molecule has 0 spiro atoms. The molecular weight excluding hydrogens is 244 g/mol. The van der Waals surface area contributed by atoms with Gasteiger partial charge in [0.15, 0.2) is 6.29 Å². The van der Waals surface area contributed by atoms with Gasteiger partial charge in [-0.1, -0.05) is 46.0 Å². The second-order valence-corrected chi connectivity index (χ2v) is 7.21. The van der Waals surface area contributed by atoms with Gasteiger partial charge in [0.25, 0.3) is 0 Å². The van der Waals surface area contributed by atoms with Crippen LogP contribution in [0.25, 0.3) is 0 Å². The molecule has 1 aliphatic rings. The van der Waals surface area contributed by atoms with Crippen LogP contribution in [0.5, 0.6) is 0 Å². The number of hydrogen-bond donors (Lipinski definition) is 0. The minimum absolute atomic E-state index is 0.0404. The molecule has 1 unspecified atom stereocenters. The van der Waals surface area contributed by atoms with Crippen LogP contribution < -0.4 is 0 Å². The summed E-state index contributed by atoms with van der Waals surface area (Å²) in [7, 11) is 0. The van der Waals surface area contributed by atoms with Crippen LogP contribution >= 0.6 is 11.8 Å². The summed E-state index contributed by atoms with van der Waals surface area (Å²) in [5.74, 6) is 1.97. The van der Waals surface area contributed by atoms with Crippen molar-refractivity contribution < 1.29 is 9.47 Å². The Morgan fingerprint density at radius 3 is 2.33 bits per heavy atom. The summed E-state index contributed by atoms with van der Waals surface area (Å²) in [5, 5.41) is 0.691. The highest BCUT2D eigenvalue weighted by atomic mass is 32.2. The molecule has 1 rings (SSSR count).